The highest BCUT2D eigenvalue weighted by Gasteiger charge is 2.16. The van der Waals surface area contributed by atoms with Gasteiger partial charge in [-0.3, -0.25) is 4.99 Å². The molecule has 0 saturated carbocycles. The zero-order chi connectivity index (χ0) is 9.26. The van der Waals surface area contributed by atoms with Crippen LogP contribution in [0.5, 0.6) is 0 Å². The largest absolute Gasteiger partial charge is 0.477 e. The topological polar surface area (TPSA) is 49.7 Å². The third kappa shape index (κ3) is 1.45. The van der Waals surface area contributed by atoms with Crippen LogP contribution in [0.2, 0.25) is 0 Å². The molecule has 0 aliphatic carbocycles. The van der Waals surface area contributed by atoms with Crippen molar-refractivity contribution in [3.8, 4) is 0 Å². The lowest BCUT2D eigenvalue weighted by atomic mass is 9.99. The SMILES string of the molecule is O=C(O)C1=NCc2ccccc2C1. The zero-order valence-corrected chi connectivity index (χ0v) is 7.03. The van der Waals surface area contributed by atoms with Crippen molar-refractivity contribution >= 4 is 11.7 Å². The number of aliphatic carboxylic acids is 1. The highest BCUT2D eigenvalue weighted by atomic mass is 16.4. The first-order valence-electron chi connectivity index (χ1n) is 4.11. The number of hydrogen-bond donors (Lipinski definition) is 1. The Kier molecular flexibility index (Phi) is 1.85. The Morgan fingerprint density at radius 2 is 2.00 bits per heavy atom. The smallest absolute Gasteiger partial charge is 0.350 e. The molecule has 0 amide bonds. The molecule has 0 spiro atoms. The van der Waals surface area contributed by atoms with Gasteiger partial charge >= 0.3 is 5.97 Å². The first-order chi connectivity index (χ1) is 6.27. The maximum atomic E-state index is 10.6. The third-order valence-electron chi connectivity index (χ3n) is 2.16. The maximum Gasteiger partial charge on any atom is 0.350 e. The number of aliphatic imine (C=N–C) groups is 1. The van der Waals surface area contributed by atoms with E-state index in [0.717, 1.165) is 11.1 Å². The summed E-state index contributed by atoms with van der Waals surface area (Å²) in [6.07, 6.45) is 0.450. The second-order valence-electron chi connectivity index (χ2n) is 3.01. The molecule has 0 atom stereocenters. The summed E-state index contributed by atoms with van der Waals surface area (Å²) >= 11 is 0. The first-order valence-corrected chi connectivity index (χ1v) is 4.11. The Bertz CT molecular complexity index is 382. The fourth-order valence-electron chi connectivity index (χ4n) is 1.44. The van der Waals surface area contributed by atoms with Gasteiger partial charge in [-0.15, -0.1) is 0 Å². The number of rotatable bonds is 1. The lowest BCUT2D eigenvalue weighted by Crippen LogP contribution is -2.20. The van der Waals surface area contributed by atoms with Gasteiger partial charge in [0.1, 0.15) is 5.71 Å². The molecule has 0 radical (unpaired) electrons. The van der Waals surface area contributed by atoms with Crippen molar-refractivity contribution in [1.82, 2.24) is 0 Å². The lowest BCUT2D eigenvalue weighted by molar-refractivity contribution is -0.129. The van der Waals surface area contributed by atoms with Gasteiger partial charge in [-0.25, -0.2) is 4.79 Å². The third-order valence-corrected chi connectivity index (χ3v) is 2.16. The van der Waals surface area contributed by atoms with Crippen molar-refractivity contribution in [1.29, 1.82) is 0 Å². The molecule has 2 rings (SSSR count). The van der Waals surface area contributed by atoms with E-state index in [4.69, 9.17) is 5.11 Å². The average Bonchev–Trinajstić information content (AvgIpc) is 2.17. The van der Waals surface area contributed by atoms with Crippen LogP contribution < -0.4 is 0 Å². The second kappa shape index (κ2) is 3.01. The van der Waals surface area contributed by atoms with Crippen molar-refractivity contribution in [2.24, 2.45) is 4.99 Å². The minimum atomic E-state index is -0.908. The minimum Gasteiger partial charge on any atom is -0.477 e. The van der Waals surface area contributed by atoms with E-state index in [-0.39, 0.29) is 5.71 Å². The summed E-state index contributed by atoms with van der Waals surface area (Å²) in [5.41, 5.74) is 2.47. The standard InChI is InChI=1S/C10H9NO2/c12-10(13)9-5-7-3-1-2-4-8(7)6-11-9/h1-4H,5-6H2,(H,12,13). The summed E-state index contributed by atoms with van der Waals surface area (Å²) in [6, 6.07) is 7.80. The molecular weight excluding hydrogens is 166 g/mol. The van der Waals surface area contributed by atoms with Gasteiger partial charge in [-0.1, -0.05) is 24.3 Å². The minimum absolute atomic E-state index is 0.263. The van der Waals surface area contributed by atoms with Gasteiger partial charge in [0.05, 0.1) is 6.54 Å². The Balaban J connectivity index is 2.33. The van der Waals surface area contributed by atoms with Crippen molar-refractivity contribution in [3.63, 3.8) is 0 Å². The van der Waals surface area contributed by atoms with Crippen molar-refractivity contribution in [2.45, 2.75) is 13.0 Å². The Labute approximate surface area is 75.7 Å². The number of fused-ring (bicyclic) bond motifs is 1. The summed E-state index contributed by atoms with van der Waals surface area (Å²) < 4.78 is 0. The molecule has 66 valence electrons. The van der Waals surface area contributed by atoms with Gasteiger partial charge in [-0.2, -0.15) is 0 Å². The van der Waals surface area contributed by atoms with Gasteiger partial charge in [0, 0.05) is 6.42 Å². The fourth-order valence-corrected chi connectivity index (χ4v) is 1.44. The van der Waals surface area contributed by atoms with Crippen molar-refractivity contribution in [3.05, 3.63) is 35.4 Å². The Morgan fingerprint density at radius 3 is 2.69 bits per heavy atom. The van der Waals surface area contributed by atoms with Gasteiger partial charge in [-0.05, 0) is 11.1 Å². The molecule has 0 saturated heterocycles. The van der Waals surface area contributed by atoms with E-state index in [9.17, 15) is 4.79 Å². The molecule has 1 aromatic rings. The summed E-state index contributed by atoms with van der Waals surface area (Å²) in [6.45, 7) is 0.498. The number of nitrogens with zero attached hydrogens (tertiary/aromatic N) is 1. The van der Waals surface area contributed by atoms with Gasteiger partial charge in [0.25, 0.3) is 0 Å². The van der Waals surface area contributed by atoms with E-state index in [0.29, 0.717) is 13.0 Å². The molecule has 1 N–H and O–H groups in total. The first kappa shape index (κ1) is 7.98. The molecule has 0 aromatic heterocycles. The second-order valence-corrected chi connectivity index (χ2v) is 3.01. The fraction of sp³-hybridized carbons (Fsp3) is 0.200. The normalized spacial score (nSPS) is 14.6. The van der Waals surface area contributed by atoms with E-state index in [1.54, 1.807) is 0 Å². The summed E-state index contributed by atoms with van der Waals surface area (Å²) in [7, 11) is 0. The van der Waals surface area contributed by atoms with E-state index in [1.165, 1.54) is 0 Å². The number of benzene rings is 1. The molecule has 0 bridgehead atoms. The van der Waals surface area contributed by atoms with Gasteiger partial charge in [0.15, 0.2) is 0 Å². The van der Waals surface area contributed by atoms with Crippen LogP contribution in [0.15, 0.2) is 29.3 Å². The lowest BCUT2D eigenvalue weighted by Gasteiger charge is -2.12. The number of carboxylic acids is 1. The quantitative estimate of drug-likeness (QED) is 0.698. The van der Waals surface area contributed by atoms with Crippen LogP contribution in [0, 0.1) is 0 Å². The van der Waals surface area contributed by atoms with Crippen LogP contribution in [-0.2, 0) is 17.8 Å². The molecule has 1 aromatic carbocycles. The number of hydrogen-bond acceptors (Lipinski definition) is 2. The summed E-state index contributed by atoms with van der Waals surface area (Å²) in [5, 5.41) is 8.73. The average molecular weight is 175 g/mol. The molecule has 13 heavy (non-hydrogen) atoms. The van der Waals surface area contributed by atoms with Gasteiger partial charge < -0.3 is 5.11 Å². The van der Waals surface area contributed by atoms with Crippen LogP contribution in [0.1, 0.15) is 11.1 Å². The molecule has 3 nitrogen and oxygen atoms in total. The van der Waals surface area contributed by atoms with Crippen LogP contribution in [0.4, 0.5) is 0 Å². The molecule has 1 aliphatic heterocycles. The van der Waals surface area contributed by atoms with Crippen LogP contribution in [0.3, 0.4) is 0 Å². The van der Waals surface area contributed by atoms with Crippen LogP contribution in [0.25, 0.3) is 0 Å². The molecule has 3 heteroatoms. The Hall–Kier alpha value is -1.64. The molecule has 1 aliphatic rings. The van der Waals surface area contributed by atoms with E-state index >= 15 is 0 Å². The molecule has 0 fully saturated rings. The van der Waals surface area contributed by atoms with Crippen LogP contribution >= 0.6 is 0 Å². The van der Waals surface area contributed by atoms with Crippen molar-refractivity contribution in [2.75, 3.05) is 0 Å². The summed E-state index contributed by atoms with van der Waals surface area (Å²) in [4.78, 5) is 14.6. The predicted molar refractivity (Wildman–Crippen MR) is 48.9 cm³/mol. The number of carboxylic acid groups (broad SMARTS) is 1. The summed E-state index contributed by atoms with van der Waals surface area (Å²) in [5.74, 6) is -0.908. The molecular formula is C10H9NO2. The zero-order valence-electron chi connectivity index (χ0n) is 7.03. The van der Waals surface area contributed by atoms with E-state index in [1.807, 2.05) is 24.3 Å². The number of carbonyl (C=O) groups is 1. The van der Waals surface area contributed by atoms with Crippen molar-refractivity contribution < 1.29 is 9.90 Å². The van der Waals surface area contributed by atoms with Gasteiger partial charge in [0.2, 0.25) is 0 Å². The molecule has 0 unspecified atom stereocenters. The Morgan fingerprint density at radius 1 is 1.31 bits per heavy atom. The highest BCUT2D eigenvalue weighted by Crippen LogP contribution is 2.16. The van der Waals surface area contributed by atoms with E-state index < -0.39 is 5.97 Å². The van der Waals surface area contributed by atoms with E-state index in [2.05, 4.69) is 4.99 Å². The van der Waals surface area contributed by atoms with Crippen LogP contribution in [-0.4, -0.2) is 16.8 Å². The highest BCUT2D eigenvalue weighted by molar-refractivity contribution is 6.36. The molecule has 1 heterocycles. The maximum absolute atomic E-state index is 10.6. The monoisotopic (exact) mass is 175 g/mol. The predicted octanol–water partition coefficient (Wildman–Crippen LogP) is 1.27.